The van der Waals surface area contributed by atoms with Crippen LogP contribution in [-0.2, 0) is 16.1 Å². The van der Waals surface area contributed by atoms with E-state index >= 15 is 0 Å². The molecule has 1 aliphatic heterocycles. The number of hydrogen-bond acceptors (Lipinski definition) is 3. The van der Waals surface area contributed by atoms with Crippen molar-refractivity contribution in [3.05, 3.63) is 34.9 Å². The van der Waals surface area contributed by atoms with Crippen LogP contribution in [0.5, 0.6) is 0 Å². The van der Waals surface area contributed by atoms with Crippen LogP contribution in [0.1, 0.15) is 12.0 Å². The van der Waals surface area contributed by atoms with E-state index in [4.69, 9.17) is 21.4 Å². The molecular formula is C14H17ClN2O4. The predicted molar refractivity (Wildman–Crippen MR) is 77.3 cm³/mol. The van der Waals surface area contributed by atoms with Crippen molar-refractivity contribution in [3.8, 4) is 0 Å². The highest BCUT2D eigenvalue weighted by Crippen LogP contribution is 2.11. The molecule has 1 heterocycles. The fourth-order valence-corrected chi connectivity index (χ4v) is 2.24. The van der Waals surface area contributed by atoms with Gasteiger partial charge < -0.3 is 20.1 Å². The average Bonchev–Trinajstić information content (AvgIpc) is 2.46. The van der Waals surface area contributed by atoms with E-state index in [1.165, 1.54) is 0 Å². The average molecular weight is 313 g/mol. The summed E-state index contributed by atoms with van der Waals surface area (Å²) in [6, 6.07) is 7.00. The Bertz CT molecular complexity index is 506. The molecule has 0 bridgehead atoms. The Labute approximate surface area is 127 Å². The highest BCUT2D eigenvalue weighted by Gasteiger charge is 2.25. The number of benzene rings is 1. The summed E-state index contributed by atoms with van der Waals surface area (Å²) < 4.78 is 5.33. The highest BCUT2D eigenvalue weighted by molar-refractivity contribution is 6.30. The number of hydrogen-bond donors (Lipinski definition) is 2. The second kappa shape index (κ2) is 7.28. The first-order valence-electron chi connectivity index (χ1n) is 6.65. The van der Waals surface area contributed by atoms with Gasteiger partial charge in [0.15, 0.2) is 0 Å². The van der Waals surface area contributed by atoms with Gasteiger partial charge in [-0.05, 0) is 17.7 Å². The molecule has 0 radical (unpaired) electrons. The molecule has 1 fully saturated rings. The van der Waals surface area contributed by atoms with E-state index in [0.717, 1.165) is 5.56 Å². The van der Waals surface area contributed by atoms with Crippen molar-refractivity contribution in [1.29, 1.82) is 0 Å². The maximum atomic E-state index is 12.1. The zero-order valence-electron chi connectivity index (χ0n) is 11.4. The SMILES string of the molecule is O=C(O)CC1CN(C(=O)NCc2ccc(Cl)cc2)CCO1. The summed E-state index contributed by atoms with van der Waals surface area (Å²) >= 11 is 5.80. The molecule has 2 N–H and O–H groups in total. The summed E-state index contributed by atoms with van der Waals surface area (Å²) in [6.45, 7) is 1.50. The van der Waals surface area contributed by atoms with Gasteiger partial charge in [0, 0.05) is 24.7 Å². The predicted octanol–water partition coefficient (Wildman–Crippen LogP) is 1.73. The van der Waals surface area contributed by atoms with Crippen LogP contribution in [0.3, 0.4) is 0 Å². The Morgan fingerprint density at radius 2 is 2.10 bits per heavy atom. The van der Waals surface area contributed by atoms with Gasteiger partial charge in [-0.25, -0.2) is 4.79 Å². The Morgan fingerprint density at radius 1 is 1.38 bits per heavy atom. The summed E-state index contributed by atoms with van der Waals surface area (Å²) in [5, 5.41) is 12.2. The van der Waals surface area contributed by atoms with Crippen LogP contribution < -0.4 is 5.32 Å². The monoisotopic (exact) mass is 312 g/mol. The number of aliphatic carboxylic acids is 1. The number of carboxylic acids is 1. The van der Waals surface area contributed by atoms with E-state index in [9.17, 15) is 9.59 Å². The molecule has 2 amide bonds. The number of nitrogens with zero attached hydrogens (tertiary/aromatic N) is 1. The summed E-state index contributed by atoms with van der Waals surface area (Å²) in [4.78, 5) is 24.3. The summed E-state index contributed by atoms with van der Waals surface area (Å²) in [6.07, 6.45) is -0.543. The van der Waals surface area contributed by atoms with Gasteiger partial charge in [-0.15, -0.1) is 0 Å². The van der Waals surface area contributed by atoms with Gasteiger partial charge in [-0.2, -0.15) is 0 Å². The molecule has 1 unspecified atom stereocenters. The Kier molecular flexibility index (Phi) is 5.41. The van der Waals surface area contributed by atoms with Crippen molar-refractivity contribution in [2.24, 2.45) is 0 Å². The minimum atomic E-state index is -0.927. The van der Waals surface area contributed by atoms with Gasteiger partial charge in [0.25, 0.3) is 0 Å². The van der Waals surface area contributed by atoms with Gasteiger partial charge in [0.05, 0.1) is 19.1 Å². The van der Waals surface area contributed by atoms with Crippen molar-refractivity contribution < 1.29 is 19.4 Å². The molecule has 114 valence electrons. The van der Waals surface area contributed by atoms with Gasteiger partial charge in [0.2, 0.25) is 0 Å². The smallest absolute Gasteiger partial charge is 0.317 e. The molecule has 0 saturated carbocycles. The summed E-state index contributed by atoms with van der Waals surface area (Å²) in [5.41, 5.74) is 0.947. The third kappa shape index (κ3) is 4.91. The number of morpholine rings is 1. The second-order valence-electron chi connectivity index (χ2n) is 4.82. The molecule has 2 rings (SSSR count). The van der Waals surface area contributed by atoms with Crippen molar-refractivity contribution in [1.82, 2.24) is 10.2 Å². The van der Waals surface area contributed by atoms with E-state index < -0.39 is 12.1 Å². The topological polar surface area (TPSA) is 78.9 Å². The van der Waals surface area contributed by atoms with E-state index in [1.54, 1.807) is 17.0 Å². The zero-order valence-corrected chi connectivity index (χ0v) is 12.2. The number of carbonyl (C=O) groups is 2. The van der Waals surface area contributed by atoms with Crippen LogP contribution in [0.25, 0.3) is 0 Å². The molecule has 7 heteroatoms. The van der Waals surface area contributed by atoms with Crippen molar-refractivity contribution in [2.75, 3.05) is 19.7 Å². The fraction of sp³-hybridized carbons (Fsp3) is 0.429. The Hall–Kier alpha value is -1.79. The van der Waals surface area contributed by atoms with Gasteiger partial charge in [-0.3, -0.25) is 4.79 Å². The van der Waals surface area contributed by atoms with Crippen LogP contribution in [0.2, 0.25) is 5.02 Å². The first-order valence-corrected chi connectivity index (χ1v) is 7.03. The number of amides is 2. The molecular weight excluding hydrogens is 296 g/mol. The number of rotatable bonds is 4. The van der Waals surface area contributed by atoms with Crippen molar-refractivity contribution in [3.63, 3.8) is 0 Å². The van der Waals surface area contributed by atoms with Gasteiger partial charge >= 0.3 is 12.0 Å². The zero-order chi connectivity index (χ0) is 15.2. The summed E-state index contributed by atoms with van der Waals surface area (Å²) in [7, 11) is 0. The highest BCUT2D eigenvalue weighted by atomic mass is 35.5. The van der Waals surface area contributed by atoms with E-state index in [1.807, 2.05) is 12.1 Å². The molecule has 1 aromatic carbocycles. The van der Waals surface area contributed by atoms with E-state index in [-0.39, 0.29) is 12.5 Å². The Balaban J connectivity index is 1.82. The molecule has 1 atom stereocenters. The molecule has 0 aliphatic carbocycles. The Morgan fingerprint density at radius 3 is 2.76 bits per heavy atom. The van der Waals surface area contributed by atoms with E-state index in [0.29, 0.717) is 31.3 Å². The first kappa shape index (κ1) is 15.6. The van der Waals surface area contributed by atoms with Crippen LogP contribution in [-0.4, -0.2) is 47.8 Å². The third-order valence-electron chi connectivity index (χ3n) is 3.19. The number of urea groups is 1. The minimum absolute atomic E-state index is 0.0963. The van der Waals surface area contributed by atoms with Crippen LogP contribution in [0.15, 0.2) is 24.3 Å². The standard InChI is InChI=1S/C14H17ClN2O4/c15-11-3-1-10(2-4-11)8-16-14(20)17-5-6-21-12(9-17)7-13(18)19/h1-4,12H,5-9H2,(H,16,20)(H,18,19). The number of halogens is 1. The largest absolute Gasteiger partial charge is 0.481 e. The quantitative estimate of drug-likeness (QED) is 0.887. The molecule has 21 heavy (non-hydrogen) atoms. The fourth-order valence-electron chi connectivity index (χ4n) is 2.11. The normalized spacial score (nSPS) is 18.3. The third-order valence-corrected chi connectivity index (χ3v) is 3.44. The minimum Gasteiger partial charge on any atom is -0.481 e. The first-order chi connectivity index (χ1) is 10.0. The van der Waals surface area contributed by atoms with Crippen LogP contribution in [0.4, 0.5) is 4.79 Å². The van der Waals surface area contributed by atoms with Gasteiger partial charge in [0.1, 0.15) is 0 Å². The molecule has 1 aromatic rings. The second-order valence-corrected chi connectivity index (χ2v) is 5.26. The molecule has 6 nitrogen and oxygen atoms in total. The number of nitrogens with one attached hydrogen (secondary N) is 1. The number of ether oxygens (including phenoxy) is 1. The lowest BCUT2D eigenvalue weighted by Gasteiger charge is -2.32. The maximum absolute atomic E-state index is 12.1. The maximum Gasteiger partial charge on any atom is 0.317 e. The number of carboxylic acid groups (broad SMARTS) is 1. The van der Waals surface area contributed by atoms with Gasteiger partial charge in [-0.1, -0.05) is 23.7 Å². The van der Waals surface area contributed by atoms with E-state index in [2.05, 4.69) is 5.32 Å². The summed E-state index contributed by atoms with van der Waals surface area (Å²) in [5.74, 6) is -0.927. The van der Waals surface area contributed by atoms with Crippen LogP contribution in [0, 0.1) is 0 Å². The lowest BCUT2D eigenvalue weighted by Crippen LogP contribution is -2.49. The molecule has 0 spiro atoms. The molecule has 1 saturated heterocycles. The van der Waals surface area contributed by atoms with Crippen LogP contribution >= 0.6 is 11.6 Å². The lowest BCUT2D eigenvalue weighted by molar-refractivity contribution is -0.141. The van der Waals surface area contributed by atoms with Crippen molar-refractivity contribution >= 4 is 23.6 Å². The lowest BCUT2D eigenvalue weighted by atomic mass is 10.2. The number of carbonyl (C=O) groups excluding carboxylic acids is 1. The molecule has 0 aromatic heterocycles. The van der Waals surface area contributed by atoms with Crippen molar-refractivity contribution in [2.45, 2.75) is 19.1 Å². The molecule has 1 aliphatic rings.